The van der Waals surface area contributed by atoms with Gasteiger partial charge in [-0.1, -0.05) is 17.5 Å². The van der Waals surface area contributed by atoms with Crippen molar-refractivity contribution >= 4 is 40.8 Å². The van der Waals surface area contributed by atoms with E-state index in [1.807, 2.05) is 0 Å². The Labute approximate surface area is 131 Å². The lowest BCUT2D eigenvalue weighted by atomic mass is 10.3. The Hall–Kier alpha value is -1.97. The van der Waals surface area contributed by atoms with E-state index in [9.17, 15) is 14.0 Å². The average Bonchev–Trinajstić information content (AvgIpc) is 2.46. The van der Waals surface area contributed by atoms with Gasteiger partial charge in [0.2, 0.25) is 5.91 Å². The molecule has 8 heteroatoms. The highest BCUT2D eigenvalue weighted by molar-refractivity contribution is 6.32. The van der Waals surface area contributed by atoms with Crippen LogP contribution in [0, 0.1) is 18.2 Å². The first kappa shape index (κ1) is 17.1. The fourth-order valence-electron chi connectivity index (χ4n) is 1.26. The van der Waals surface area contributed by atoms with Crippen LogP contribution >= 0.6 is 23.2 Å². The Morgan fingerprint density at radius 2 is 2.19 bits per heavy atom. The minimum atomic E-state index is -0.843. The van der Waals surface area contributed by atoms with E-state index in [-0.39, 0.29) is 28.9 Å². The summed E-state index contributed by atoms with van der Waals surface area (Å²) in [6.45, 7) is -0.0661. The van der Waals surface area contributed by atoms with Gasteiger partial charge >= 0.3 is 6.03 Å². The molecule has 0 aliphatic carbocycles. The van der Waals surface area contributed by atoms with Gasteiger partial charge in [0.25, 0.3) is 0 Å². The summed E-state index contributed by atoms with van der Waals surface area (Å²) in [6, 6.07) is 1.29. The van der Waals surface area contributed by atoms with E-state index < -0.39 is 17.8 Å². The van der Waals surface area contributed by atoms with E-state index in [1.165, 1.54) is 13.1 Å². The number of alkyl halides is 1. The van der Waals surface area contributed by atoms with E-state index in [4.69, 9.17) is 34.4 Å². The number of urea groups is 1. The molecule has 0 saturated carbocycles. The SMILES string of the molecule is C#CCOc1cc(NC(=O)N(C)C(=O)CCl)c(F)cc1Cl. The van der Waals surface area contributed by atoms with Gasteiger partial charge in [-0.05, 0) is 6.07 Å². The zero-order valence-corrected chi connectivity index (χ0v) is 12.5. The van der Waals surface area contributed by atoms with Crippen LogP contribution in [0.2, 0.25) is 5.02 Å². The molecule has 0 unspecified atom stereocenters. The zero-order chi connectivity index (χ0) is 16.0. The van der Waals surface area contributed by atoms with Gasteiger partial charge in [0.15, 0.2) is 0 Å². The van der Waals surface area contributed by atoms with Gasteiger partial charge in [-0.25, -0.2) is 9.18 Å². The number of nitrogens with one attached hydrogen (secondary N) is 1. The van der Waals surface area contributed by atoms with E-state index in [1.54, 1.807) is 0 Å². The number of halogens is 3. The molecule has 0 aromatic heterocycles. The van der Waals surface area contributed by atoms with Gasteiger partial charge in [-0.2, -0.15) is 0 Å². The van der Waals surface area contributed by atoms with Crippen molar-refractivity contribution in [1.29, 1.82) is 0 Å². The second-order valence-electron chi connectivity index (χ2n) is 3.77. The quantitative estimate of drug-likeness (QED) is 0.681. The fourth-order valence-corrected chi connectivity index (χ4v) is 1.64. The third kappa shape index (κ3) is 4.52. The number of imide groups is 1. The maximum Gasteiger partial charge on any atom is 0.328 e. The molecular formula is C13H11Cl2FN2O3. The minimum Gasteiger partial charge on any atom is -0.479 e. The number of nitrogens with zero attached hydrogens (tertiary/aromatic N) is 1. The first-order valence-corrected chi connectivity index (χ1v) is 6.50. The van der Waals surface area contributed by atoms with Gasteiger partial charge in [-0.3, -0.25) is 9.69 Å². The molecule has 1 aromatic carbocycles. The van der Waals surface area contributed by atoms with Crippen LogP contribution in [0.1, 0.15) is 0 Å². The van der Waals surface area contributed by atoms with Crippen LogP contribution in [0.25, 0.3) is 0 Å². The molecular weight excluding hydrogens is 322 g/mol. The standard InChI is InChI=1S/C13H11Cl2FN2O3/c1-3-4-21-11-6-10(9(16)5-8(11)15)17-13(20)18(2)12(19)7-14/h1,5-6H,4,7H2,2H3,(H,17,20). The zero-order valence-electron chi connectivity index (χ0n) is 11.0. The van der Waals surface area contributed by atoms with Crippen molar-refractivity contribution in [3.05, 3.63) is 23.0 Å². The number of benzene rings is 1. The third-order valence-corrected chi connectivity index (χ3v) is 2.89. The van der Waals surface area contributed by atoms with Gasteiger partial charge in [-0.15, -0.1) is 18.0 Å². The molecule has 0 atom stereocenters. The predicted molar refractivity (Wildman–Crippen MR) is 78.2 cm³/mol. The number of carbonyl (C=O) groups is 2. The summed E-state index contributed by atoms with van der Waals surface area (Å²) in [5, 5.41) is 2.22. The van der Waals surface area contributed by atoms with Crippen LogP contribution < -0.4 is 10.1 Å². The second kappa shape index (κ2) is 7.72. The predicted octanol–water partition coefficient (Wildman–Crippen LogP) is 2.72. The smallest absolute Gasteiger partial charge is 0.328 e. The summed E-state index contributed by atoms with van der Waals surface area (Å²) < 4.78 is 18.8. The summed E-state index contributed by atoms with van der Waals surface area (Å²) in [7, 11) is 1.21. The Morgan fingerprint density at radius 3 is 2.76 bits per heavy atom. The molecule has 0 fully saturated rings. The molecule has 0 aliphatic rings. The van der Waals surface area contributed by atoms with E-state index in [0.29, 0.717) is 0 Å². The average molecular weight is 333 g/mol. The molecule has 21 heavy (non-hydrogen) atoms. The van der Waals surface area contributed by atoms with Crippen molar-refractivity contribution in [3.63, 3.8) is 0 Å². The largest absolute Gasteiger partial charge is 0.479 e. The Balaban J connectivity index is 2.95. The maximum atomic E-state index is 13.7. The molecule has 1 aromatic rings. The first-order chi connectivity index (χ1) is 9.90. The van der Waals surface area contributed by atoms with E-state index in [2.05, 4.69) is 11.2 Å². The molecule has 0 spiro atoms. The topological polar surface area (TPSA) is 58.6 Å². The van der Waals surface area contributed by atoms with Gasteiger partial charge in [0.05, 0.1) is 10.7 Å². The van der Waals surface area contributed by atoms with Crippen LogP contribution in [0.15, 0.2) is 12.1 Å². The summed E-state index contributed by atoms with van der Waals surface area (Å²) in [4.78, 5) is 23.7. The molecule has 1 N–H and O–H groups in total. The number of terminal acetylenes is 1. The molecule has 112 valence electrons. The first-order valence-electron chi connectivity index (χ1n) is 5.59. The molecule has 5 nitrogen and oxygen atoms in total. The monoisotopic (exact) mass is 332 g/mol. The number of amides is 3. The van der Waals surface area contributed by atoms with E-state index in [0.717, 1.165) is 11.0 Å². The summed E-state index contributed by atoms with van der Waals surface area (Å²) in [5.41, 5.74) is -0.203. The lowest BCUT2D eigenvalue weighted by Crippen LogP contribution is -2.37. The number of anilines is 1. The van der Waals surface area contributed by atoms with Crippen LogP contribution in [0.4, 0.5) is 14.9 Å². The lowest BCUT2D eigenvalue weighted by Gasteiger charge is -2.16. The highest BCUT2D eigenvalue weighted by Gasteiger charge is 2.18. The lowest BCUT2D eigenvalue weighted by molar-refractivity contribution is -0.124. The number of rotatable bonds is 4. The number of hydrogen-bond donors (Lipinski definition) is 1. The molecule has 1 rings (SSSR count). The second-order valence-corrected chi connectivity index (χ2v) is 4.45. The van der Waals surface area contributed by atoms with Crippen molar-refractivity contribution in [2.24, 2.45) is 0 Å². The van der Waals surface area contributed by atoms with E-state index >= 15 is 0 Å². The van der Waals surface area contributed by atoms with Crippen LogP contribution in [-0.4, -0.2) is 36.4 Å². The highest BCUT2D eigenvalue weighted by atomic mass is 35.5. The molecule has 0 bridgehead atoms. The molecule has 0 aliphatic heterocycles. The number of ether oxygens (including phenoxy) is 1. The number of hydrogen-bond acceptors (Lipinski definition) is 3. The third-order valence-electron chi connectivity index (χ3n) is 2.37. The molecule has 0 saturated heterocycles. The minimum absolute atomic E-state index is 0.00550. The van der Waals surface area contributed by atoms with Crippen molar-refractivity contribution in [2.45, 2.75) is 0 Å². The fraction of sp³-hybridized carbons (Fsp3) is 0.231. The van der Waals surface area contributed by atoms with Crippen LogP contribution in [0.5, 0.6) is 5.75 Å². The Bertz CT molecular complexity index is 602. The molecule has 3 amide bonds. The maximum absolute atomic E-state index is 13.7. The van der Waals surface area contributed by atoms with Crippen molar-refractivity contribution in [2.75, 3.05) is 24.9 Å². The van der Waals surface area contributed by atoms with Gasteiger partial charge in [0.1, 0.15) is 24.1 Å². The van der Waals surface area contributed by atoms with Gasteiger partial charge in [0, 0.05) is 13.1 Å². The Morgan fingerprint density at radius 1 is 1.52 bits per heavy atom. The molecule has 0 heterocycles. The van der Waals surface area contributed by atoms with Crippen LogP contribution in [0.3, 0.4) is 0 Å². The normalized spacial score (nSPS) is 9.67. The summed E-state index contributed by atoms with van der Waals surface area (Å²) in [6.07, 6.45) is 5.04. The van der Waals surface area contributed by atoms with Crippen molar-refractivity contribution < 1.29 is 18.7 Å². The Kier molecular flexibility index (Phi) is 6.28. The summed E-state index contributed by atoms with van der Waals surface area (Å²) in [5.74, 6) is 0.551. The van der Waals surface area contributed by atoms with Gasteiger partial charge < -0.3 is 10.1 Å². The number of carbonyl (C=O) groups excluding carboxylic acids is 2. The highest BCUT2D eigenvalue weighted by Crippen LogP contribution is 2.30. The van der Waals surface area contributed by atoms with Crippen molar-refractivity contribution in [3.8, 4) is 18.1 Å². The molecule has 0 radical (unpaired) electrons. The van der Waals surface area contributed by atoms with Crippen LogP contribution in [-0.2, 0) is 4.79 Å². The van der Waals surface area contributed by atoms with Crippen molar-refractivity contribution in [1.82, 2.24) is 4.90 Å². The summed E-state index contributed by atoms with van der Waals surface area (Å²) >= 11 is 11.1.